The fourth-order valence-corrected chi connectivity index (χ4v) is 5.02. The van der Waals surface area contributed by atoms with Crippen molar-refractivity contribution in [3.05, 3.63) is 58.7 Å². The molecule has 4 heterocycles. The number of pyridine rings is 1. The van der Waals surface area contributed by atoms with Crippen molar-refractivity contribution in [1.82, 2.24) is 15.2 Å². The molecule has 2 aliphatic heterocycles. The molecule has 1 atom stereocenters. The van der Waals surface area contributed by atoms with Crippen LogP contribution in [0.5, 0.6) is 0 Å². The highest BCUT2D eigenvalue weighted by atomic mass is 35.5. The zero-order valence-electron chi connectivity index (χ0n) is 19.7. The third-order valence-electron chi connectivity index (χ3n) is 6.89. The molecule has 184 valence electrons. The molecule has 2 fully saturated rings. The largest absolute Gasteiger partial charge is 0.385 e. The summed E-state index contributed by atoms with van der Waals surface area (Å²) >= 11 is 6.05. The van der Waals surface area contributed by atoms with Crippen molar-refractivity contribution in [2.75, 3.05) is 48.0 Å². The zero-order valence-corrected chi connectivity index (χ0v) is 20.4. The maximum absolute atomic E-state index is 11.9. The minimum atomic E-state index is -1.09. The molecule has 3 aromatic rings. The predicted octanol–water partition coefficient (Wildman–Crippen LogP) is 3.91. The van der Waals surface area contributed by atoms with Gasteiger partial charge < -0.3 is 30.4 Å². The van der Waals surface area contributed by atoms with Crippen molar-refractivity contribution >= 4 is 41.0 Å². The van der Waals surface area contributed by atoms with Gasteiger partial charge in [0.15, 0.2) is 0 Å². The molecule has 4 N–H and O–H groups in total. The lowest BCUT2D eigenvalue weighted by Crippen LogP contribution is -2.45. The van der Waals surface area contributed by atoms with E-state index in [0.717, 1.165) is 11.5 Å². The van der Waals surface area contributed by atoms with Crippen LogP contribution in [0.1, 0.15) is 30.9 Å². The van der Waals surface area contributed by atoms with Gasteiger partial charge in [-0.2, -0.15) is 5.10 Å². The van der Waals surface area contributed by atoms with E-state index >= 15 is 0 Å². The first-order valence-corrected chi connectivity index (χ1v) is 12.2. The summed E-state index contributed by atoms with van der Waals surface area (Å²) in [5, 5.41) is 31.0. The number of nitrogens with zero attached hydrogens (tertiary/aromatic N) is 4. The number of anilines is 4. The minimum Gasteiger partial charge on any atom is -0.385 e. The van der Waals surface area contributed by atoms with E-state index in [4.69, 9.17) is 26.7 Å². The SMILES string of the molecule is CC1COCCN1c1cc(C2(O)CCN(c3ccc(Cl)cc3)CC2)c(C=N)c(Nc2ccn[nH]2)n1. The molecule has 0 aliphatic carbocycles. The number of piperidine rings is 1. The number of ether oxygens (including phenoxy) is 1. The van der Waals surface area contributed by atoms with Crippen molar-refractivity contribution in [2.45, 2.75) is 31.4 Å². The topological polar surface area (TPSA) is 113 Å². The van der Waals surface area contributed by atoms with E-state index in [0.29, 0.717) is 73.5 Å². The third kappa shape index (κ3) is 4.84. The van der Waals surface area contributed by atoms with Crippen LogP contribution >= 0.6 is 11.6 Å². The molecule has 2 aromatic heterocycles. The van der Waals surface area contributed by atoms with Crippen molar-refractivity contribution < 1.29 is 9.84 Å². The highest BCUT2D eigenvalue weighted by molar-refractivity contribution is 6.30. The zero-order chi connectivity index (χ0) is 24.4. The van der Waals surface area contributed by atoms with Crippen LogP contribution in [0.4, 0.5) is 23.1 Å². The van der Waals surface area contributed by atoms with Gasteiger partial charge in [-0.15, -0.1) is 0 Å². The summed E-state index contributed by atoms with van der Waals surface area (Å²) in [7, 11) is 0. The number of rotatable bonds is 6. The lowest BCUT2D eigenvalue weighted by atomic mass is 9.82. The summed E-state index contributed by atoms with van der Waals surface area (Å²) in [4.78, 5) is 9.33. The fourth-order valence-electron chi connectivity index (χ4n) is 4.89. The van der Waals surface area contributed by atoms with Crippen LogP contribution < -0.4 is 15.1 Å². The van der Waals surface area contributed by atoms with Gasteiger partial charge in [0.1, 0.15) is 17.5 Å². The van der Waals surface area contributed by atoms with E-state index < -0.39 is 5.60 Å². The molecule has 0 amide bonds. The second-order valence-corrected chi connectivity index (χ2v) is 9.58. The first-order valence-electron chi connectivity index (χ1n) is 11.9. The van der Waals surface area contributed by atoms with Gasteiger partial charge in [-0.25, -0.2) is 4.98 Å². The van der Waals surface area contributed by atoms with E-state index in [1.807, 2.05) is 30.3 Å². The van der Waals surface area contributed by atoms with Crippen molar-refractivity contribution in [1.29, 1.82) is 5.41 Å². The van der Waals surface area contributed by atoms with Crippen LogP contribution in [0.3, 0.4) is 0 Å². The van der Waals surface area contributed by atoms with Crippen LogP contribution in [-0.2, 0) is 10.3 Å². The predicted molar refractivity (Wildman–Crippen MR) is 138 cm³/mol. The summed E-state index contributed by atoms with van der Waals surface area (Å²) in [5.74, 6) is 1.95. The molecule has 2 aliphatic rings. The molecule has 0 radical (unpaired) electrons. The van der Waals surface area contributed by atoms with Gasteiger partial charge in [0.2, 0.25) is 0 Å². The smallest absolute Gasteiger partial charge is 0.143 e. The second-order valence-electron chi connectivity index (χ2n) is 9.14. The summed E-state index contributed by atoms with van der Waals surface area (Å²) < 4.78 is 5.62. The highest BCUT2D eigenvalue weighted by Gasteiger charge is 2.38. The standard InChI is InChI=1S/C25H30ClN7O2/c1-17-16-35-13-12-33(17)23-14-21(20(15-27)24(30-23)29-22-6-9-28-31-22)25(34)7-10-32(11-8-25)19-4-2-18(26)3-5-19/h2-6,9,14-15,17,27,34H,7-8,10-13,16H2,1H3,(H2,28,29,30,31). The number of H-pyrrole nitrogens is 1. The molecular formula is C25H30ClN7O2. The van der Waals surface area contributed by atoms with E-state index in [1.165, 1.54) is 6.21 Å². The second kappa shape index (κ2) is 9.85. The number of aliphatic hydroxyl groups is 1. The Bertz CT molecular complexity index is 1160. The Kier molecular flexibility index (Phi) is 6.64. The average molecular weight is 496 g/mol. The van der Waals surface area contributed by atoms with Crippen LogP contribution in [0.25, 0.3) is 0 Å². The normalized spacial score (nSPS) is 20.0. The number of halogens is 1. The summed E-state index contributed by atoms with van der Waals surface area (Å²) in [5.41, 5.74) is 1.29. The molecule has 1 unspecified atom stereocenters. The van der Waals surface area contributed by atoms with Gasteiger partial charge in [-0.3, -0.25) is 5.10 Å². The molecule has 2 saturated heterocycles. The van der Waals surface area contributed by atoms with Gasteiger partial charge in [0.05, 0.1) is 31.1 Å². The molecule has 35 heavy (non-hydrogen) atoms. The number of benzene rings is 1. The highest BCUT2D eigenvalue weighted by Crippen LogP contribution is 2.40. The molecule has 9 nitrogen and oxygen atoms in total. The van der Waals surface area contributed by atoms with Crippen molar-refractivity contribution in [2.24, 2.45) is 0 Å². The van der Waals surface area contributed by atoms with E-state index in [9.17, 15) is 5.11 Å². The first-order chi connectivity index (χ1) is 17.0. The Labute approximate surface area is 209 Å². The van der Waals surface area contributed by atoms with E-state index in [1.54, 1.807) is 12.3 Å². The number of aromatic nitrogens is 3. The van der Waals surface area contributed by atoms with Crippen molar-refractivity contribution in [3.8, 4) is 0 Å². The maximum Gasteiger partial charge on any atom is 0.143 e. The van der Waals surface area contributed by atoms with Crippen LogP contribution in [0.2, 0.25) is 5.02 Å². The van der Waals surface area contributed by atoms with Gasteiger partial charge in [-0.05, 0) is 55.7 Å². The van der Waals surface area contributed by atoms with E-state index in [2.05, 4.69) is 32.2 Å². The van der Waals surface area contributed by atoms with Crippen LogP contribution in [-0.4, -0.2) is 65.4 Å². The lowest BCUT2D eigenvalue weighted by Gasteiger charge is -2.41. The molecule has 10 heteroatoms. The van der Waals surface area contributed by atoms with Gasteiger partial charge in [0, 0.05) is 48.2 Å². The number of hydrogen-bond donors (Lipinski definition) is 4. The Morgan fingerprint density at radius 2 is 2.00 bits per heavy atom. The van der Waals surface area contributed by atoms with Crippen LogP contribution in [0, 0.1) is 5.41 Å². The molecule has 1 aromatic carbocycles. The maximum atomic E-state index is 11.9. The molecule has 0 saturated carbocycles. The van der Waals surface area contributed by atoms with Crippen molar-refractivity contribution in [3.63, 3.8) is 0 Å². The summed E-state index contributed by atoms with van der Waals surface area (Å²) in [6, 6.07) is 11.7. The molecule has 5 rings (SSSR count). The van der Waals surface area contributed by atoms with E-state index in [-0.39, 0.29) is 6.04 Å². The fraction of sp³-hybridized carbons (Fsp3) is 0.400. The quantitative estimate of drug-likeness (QED) is 0.383. The third-order valence-corrected chi connectivity index (χ3v) is 7.14. The average Bonchev–Trinajstić information content (AvgIpc) is 3.38. The van der Waals surface area contributed by atoms with Gasteiger partial charge in [0.25, 0.3) is 0 Å². The Morgan fingerprint density at radius 3 is 2.66 bits per heavy atom. The molecular weight excluding hydrogens is 466 g/mol. The monoisotopic (exact) mass is 495 g/mol. The lowest BCUT2D eigenvalue weighted by molar-refractivity contribution is 0.0116. The Morgan fingerprint density at radius 1 is 1.23 bits per heavy atom. The summed E-state index contributed by atoms with van der Waals surface area (Å²) in [6.07, 6.45) is 3.99. The Balaban J connectivity index is 1.50. The van der Waals surface area contributed by atoms with Gasteiger partial charge in [-0.1, -0.05) is 11.6 Å². The molecule has 0 bridgehead atoms. The van der Waals surface area contributed by atoms with Crippen LogP contribution in [0.15, 0.2) is 42.6 Å². The first kappa shape index (κ1) is 23.6. The van der Waals surface area contributed by atoms with Gasteiger partial charge >= 0.3 is 0 Å². The Hall–Kier alpha value is -3.14. The minimum absolute atomic E-state index is 0.149. The number of nitrogens with one attached hydrogen (secondary N) is 3. The summed E-state index contributed by atoms with van der Waals surface area (Å²) in [6.45, 7) is 5.43. The number of aromatic amines is 1. The molecule has 0 spiro atoms. The number of hydrogen-bond acceptors (Lipinski definition) is 8. The number of morpholine rings is 1.